The third-order valence-electron chi connectivity index (χ3n) is 3.96. The highest BCUT2D eigenvalue weighted by molar-refractivity contribution is 5.80. The molecule has 5 heteroatoms. The summed E-state index contributed by atoms with van der Waals surface area (Å²) in [7, 11) is 0. The van der Waals surface area contributed by atoms with Crippen LogP contribution in [-0.4, -0.2) is 23.0 Å². The smallest absolute Gasteiger partial charge is 0.308 e. The van der Waals surface area contributed by atoms with E-state index in [2.05, 4.69) is 5.32 Å². The number of hydrogen-bond donors (Lipinski definition) is 2. The van der Waals surface area contributed by atoms with Crippen molar-refractivity contribution in [2.75, 3.05) is 0 Å². The molecule has 0 saturated heterocycles. The van der Waals surface area contributed by atoms with Crippen molar-refractivity contribution >= 4 is 11.9 Å². The van der Waals surface area contributed by atoms with Crippen molar-refractivity contribution in [1.29, 1.82) is 0 Å². The highest BCUT2D eigenvalue weighted by Crippen LogP contribution is 2.24. The number of aliphatic carboxylic acids is 1. The number of nitrogens with one attached hydrogen (secondary N) is 1. The maximum absolute atomic E-state index is 12.8. The summed E-state index contributed by atoms with van der Waals surface area (Å²) in [5.41, 5.74) is 0.717. The Bertz CT molecular complexity index is 501. The summed E-state index contributed by atoms with van der Waals surface area (Å²) in [4.78, 5) is 23.4. The van der Waals surface area contributed by atoms with Gasteiger partial charge in [0.1, 0.15) is 5.82 Å². The molecule has 4 nitrogen and oxygen atoms in total. The van der Waals surface area contributed by atoms with Crippen LogP contribution in [0.25, 0.3) is 0 Å². The summed E-state index contributed by atoms with van der Waals surface area (Å²) in [6, 6.07) is 5.45. The van der Waals surface area contributed by atoms with E-state index in [1.807, 2.05) is 0 Å². The molecule has 1 saturated carbocycles. The second kappa shape index (κ2) is 7.20. The van der Waals surface area contributed by atoms with E-state index < -0.39 is 11.9 Å². The first-order valence-corrected chi connectivity index (χ1v) is 7.33. The molecule has 0 heterocycles. The van der Waals surface area contributed by atoms with Gasteiger partial charge in [-0.3, -0.25) is 9.59 Å². The summed E-state index contributed by atoms with van der Waals surface area (Å²) in [6.45, 7) is 0. The van der Waals surface area contributed by atoms with E-state index in [-0.39, 0.29) is 24.2 Å². The monoisotopic (exact) mass is 293 g/mol. The lowest BCUT2D eigenvalue weighted by molar-refractivity contribution is -0.143. The summed E-state index contributed by atoms with van der Waals surface area (Å²) in [5, 5.41) is 12.1. The van der Waals surface area contributed by atoms with Gasteiger partial charge in [-0.25, -0.2) is 4.39 Å². The quantitative estimate of drug-likeness (QED) is 0.838. The van der Waals surface area contributed by atoms with Crippen LogP contribution in [0.1, 0.15) is 37.7 Å². The second-order valence-electron chi connectivity index (χ2n) is 5.56. The molecule has 2 atom stereocenters. The standard InChI is InChI=1S/C16H20FNO3/c17-12-8-6-11(7-9-12)10-15(19)18-14-5-3-1-2-4-13(14)16(20)21/h6-9,13-14H,1-5,10H2,(H,18,19)(H,20,21)/t13-,14+/m0/s1. The molecule has 2 rings (SSSR count). The van der Waals surface area contributed by atoms with Crippen LogP contribution in [0.15, 0.2) is 24.3 Å². The minimum Gasteiger partial charge on any atom is -0.481 e. The van der Waals surface area contributed by atoms with Gasteiger partial charge in [-0.1, -0.05) is 31.4 Å². The highest BCUT2D eigenvalue weighted by atomic mass is 19.1. The van der Waals surface area contributed by atoms with Gasteiger partial charge in [0.2, 0.25) is 5.91 Å². The number of benzene rings is 1. The van der Waals surface area contributed by atoms with Gasteiger partial charge in [-0.15, -0.1) is 0 Å². The summed E-state index contributed by atoms with van der Waals surface area (Å²) >= 11 is 0. The number of hydrogen-bond acceptors (Lipinski definition) is 2. The van der Waals surface area contributed by atoms with Crippen LogP contribution in [0, 0.1) is 11.7 Å². The Morgan fingerprint density at radius 2 is 1.81 bits per heavy atom. The Labute approximate surface area is 123 Å². The lowest BCUT2D eigenvalue weighted by atomic mass is 9.94. The number of rotatable bonds is 4. The predicted octanol–water partition coefficient (Wildman–Crippen LogP) is 2.52. The minimum absolute atomic E-state index is 0.142. The van der Waals surface area contributed by atoms with Crippen LogP contribution in [0.4, 0.5) is 4.39 Å². The highest BCUT2D eigenvalue weighted by Gasteiger charge is 2.30. The molecule has 1 amide bonds. The third kappa shape index (κ3) is 4.55. The van der Waals surface area contributed by atoms with Crippen LogP contribution < -0.4 is 5.32 Å². The zero-order valence-electron chi connectivity index (χ0n) is 11.8. The molecule has 1 aliphatic carbocycles. The number of carboxylic acids is 1. The fourth-order valence-corrected chi connectivity index (χ4v) is 2.82. The first-order chi connectivity index (χ1) is 10.1. The molecule has 1 aliphatic rings. The van der Waals surface area contributed by atoms with Crippen molar-refractivity contribution in [3.63, 3.8) is 0 Å². The van der Waals surface area contributed by atoms with Crippen LogP contribution >= 0.6 is 0 Å². The molecule has 0 aliphatic heterocycles. The van der Waals surface area contributed by atoms with Crippen LogP contribution in [0.3, 0.4) is 0 Å². The van der Waals surface area contributed by atoms with E-state index in [0.29, 0.717) is 12.8 Å². The first kappa shape index (κ1) is 15.5. The van der Waals surface area contributed by atoms with Crippen LogP contribution in [0.5, 0.6) is 0 Å². The fourth-order valence-electron chi connectivity index (χ4n) is 2.82. The number of amides is 1. The van der Waals surface area contributed by atoms with E-state index in [1.165, 1.54) is 12.1 Å². The Kier molecular flexibility index (Phi) is 5.31. The molecule has 0 bridgehead atoms. The first-order valence-electron chi connectivity index (χ1n) is 7.33. The maximum atomic E-state index is 12.8. The largest absolute Gasteiger partial charge is 0.481 e. The molecule has 0 aromatic heterocycles. The molecule has 114 valence electrons. The van der Waals surface area contributed by atoms with E-state index in [4.69, 9.17) is 0 Å². The van der Waals surface area contributed by atoms with Crippen LogP contribution in [0.2, 0.25) is 0 Å². The number of halogens is 1. The zero-order chi connectivity index (χ0) is 15.2. The van der Waals surface area contributed by atoms with E-state index in [9.17, 15) is 19.1 Å². The fraction of sp³-hybridized carbons (Fsp3) is 0.500. The van der Waals surface area contributed by atoms with Gasteiger partial charge in [-0.05, 0) is 30.5 Å². The molecule has 2 N–H and O–H groups in total. The molecular weight excluding hydrogens is 273 g/mol. The molecule has 1 fully saturated rings. The molecule has 21 heavy (non-hydrogen) atoms. The van der Waals surface area contributed by atoms with Crippen molar-refractivity contribution in [2.24, 2.45) is 5.92 Å². The summed E-state index contributed by atoms with van der Waals surface area (Å²) in [6.07, 6.45) is 4.28. The molecule has 1 aromatic rings. The van der Waals surface area contributed by atoms with E-state index in [0.717, 1.165) is 24.8 Å². The molecule has 0 unspecified atom stereocenters. The van der Waals surface area contributed by atoms with Crippen molar-refractivity contribution in [1.82, 2.24) is 5.32 Å². The third-order valence-corrected chi connectivity index (χ3v) is 3.96. The van der Waals surface area contributed by atoms with Gasteiger partial charge in [-0.2, -0.15) is 0 Å². The SMILES string of the molecule is O=C(Cc1ccc(F)cc1)N[C@@H]1CCCCC[C@@H]1C(=O)O. The Hall–Kier alpha value is -1.91. The Morgan fingerprint density at radius 1 is 1.14 bits per heavy atom. The average Bonchev–Trinajstić information content (AvgIpc) is 2.67. The molecule has 1 aromatic carbocycles. The molecular formula is C16H20FNO3. The number of carbonyl (C=O) groups is 2. The number of carbonyl (C=O) groups excluding carboxylic acids is 1. The van der Waals surface area contributed by atoms with Gasteiger partial charge < -0.3 is 10.4 Å². The van der Waals surface area contributed by atoms with Gasteiger partial charge >= 0.3 is 5.97 Å². The van der Waals surface area contributed by atoms with Gasteiger partial charge in [0.15, 0.2) is 0 Å². The second-order valence-corrected chi connectivity index (χ2v) is 5.56. The van der Waals surface area contributed by atoms with Crippen molar-refractivity contribution in [3.05, 3.63) is 35.6 Å². The lowest BCUT2D eigenvalue weighted by Crippen LogP contribution is -2.43. The number of carboxylic acid groups (broad SMARTS) is 1. The summed E-state index contributed by atoms with van der Waals surface area (Å²) < 4.78 is 12.8. The summed E-state index contributed by atoms with van der Waals surface area (Å²) in [5.74, 6) is -1.90. The average molecular weight is 293 g/mol. The Balaban J connectivity index is 1.96. The van der Waals surface area contributed by atoms with E-state index >= 15 is 0 Å². The van der Waals surface area contributed by atoms with Crippen molar-refractivity contribution < 1.29 is 19.1 Å². The van der Waals surface area contributed by atoms with Gasteiger partial charge in [0.25, 0.3) is 0 Å². The van der Waals surface area contributed by atoms with Crippen molar-refractivity contribution in [2.45, 2.75) is 44.6 Å². The van der Waals surface area contributed by atoms with Gasteiger partial charge in [0.05, 0.1) is 12.3 Å². The zero-order valence-corrected chi connectivity index (χ0v) is 11.8. The van der Waals surface area contributed by atoms with E-state index in [1.54, 1.807) is 12.1 Å². The predicted molar refractivity (Wildman–Crippen MR) is 76.2 cm³/mol. The normalized spacial score (nSPS) is 22.3. The van der Waals surface area contributed by atoms with Gasteiger partial charge in [0, 0.05) is 6.04 Å². The topological polar surface area (TPSA) is 66.4 Å². The Morgan fingerprint density at radius 3 is 2.48 bits per heavy atom. The molecule has 0 spiro atoms. The minimum atomic E-state index is -0.844. The van der Waals surface area contributed by atoms with Crippen LogP contribution in [-0.2, 0) is 16.0 Å². The maximum Gasteiger partial charge on any atom is 0.308 e. The molecule has 0 radical (unpaired) electrons. The van der Waals surface area contributed by atoms with Crippen molar-refractivity contribution in [3.8, 4) is 0 Å². The lowest BCUT2D eigenvalue weighted by Gasteiger charge is -2.22.